The molecule has 0 radical (unpaired) electrons. The number of carbonyl (C=O) groups excluding carboxylic acids is 2. The maximum atomic E-state index is 12.0. The van der Waals surface area contributed by atoms with Gasteiger partial charge in [-0.1, -0.05) is 38.1 Å². The van der Waals surface area contributed by atoms with Crippen molar-refractivity contribution in [2.75, 3.05) is 5.32 Å². The molecule has 0 saturated carbocycles. The van der Waals surface area contributed by atoms with Crippen molar-refractivity contribution < 1.29 is 14.7 Å². The summed E-state index contributed by atoms with van der Waals surface area (Å²) in [6.07, 6.45) is 0. The number of nitrogens with one attached hydrogen (secondary N) is 2. The molecule has 0 aliphatic heterocycles. The fraction of sp³-hybridized carbons (Fsp3) is 0.222. The zero-order valence-electron chi connectivity index (χ0n) is 13.2. The Balaban J connectivity index is 1.93. The first-order valence-electron chi connectivity index (χ1n) is 7.43. The Morgan fingerprint density at radius 1 is 1.04 bits per heavy atom. The van der Waals surface area contributed by atoms with Crippen molar-refractivity contribution in [1.82, 2.24) is 5.32 Å². The highest BCUT2D eigenvalue weighted by molar-refractivity contribution is 5.96. The van der Waals surface area contributed by atoms with Crippen molar-refractivity contribution in [3.8, 4) is 5.75 Å². The summed E-state index contributed by atoms with van der Waals surface area (Å²) in [4.78, 5) is 23.6. The summed E-state index contributed by atoms with van der Waals surface area (Å²) >= 11 is 0. The third-order valence-electron chi connectivity index (χ3n) is 3.35. The minimum atomic E-state index is -0.333. The first-order chi connectivity index (χ1) is 11.0. The van der Waals surface area contributed by atoms with Crippen molar-refractivity contribution >= 4 is 17.5 Å². The van der Waals surface area contributed by atoms with Gasteiger partial charge in [0.15, 0.2) is 0 Å². The number of phenolic OH excluding ortho intramolecular Hbond substituents is 1. The summed E-state index contributed by atoms with van der Waals surface area (Å²) in [5.74, 6) is -0.491. The Morgan fingerprint density at radius 2 is 1.70 bits per heavy atom. The number of amides is 2. The average Bonchev–Trinajstić information content (AvgIpc) is 2.54. The summed E-state index contributed by atoms with van der Waals surface area (Å²) in [6.45, 7) is 4.00. The lowest BCUT2D eigenvalue weighted by atomic mass is 10.1. The molecule has 2 amide bonds. The predicted molar refractivity (Wildman–Crippen MR) is 89.2 cm³/mol. The van der Waals surface area contributed by atoms with Gasteiger partial charge in [-0.2, -0.15) is 0 Å². The second kappa shape index (κ2) is 7.45. The first kappa shape index (κ1) is 16.5. The van der Waals surface area contributed by atoms with Crippen molar-refractivity contribution in [3.05, 3.63) is 59.7 Å². The topological polar surface area (TPSA) is 78.4 Å². The number of rotatable bonds is 5. The maximum Gasteiger partial charge on any atom is 0.255 e. The molecule has 0 atom stereocenters. The predicted octanol–water partition coefficient (Wildman–Crippen LogP) is 2.92. The smallest absolute Gasteiger partial charge is 0.255 e. The van der Waals surface area contributed by atoms with E-state index < -0.39 is 0 Å². The third kappa shape index (κ3) is 4.57. The van der Waals surface area contributed by atoms with Gasteiger partial charge in [0.1, 0.15) is 5.75 Å². The van der Waals surface area contributed by atoms with Crippen LogP contribution in [0.1, 0.15) is 29.8 Å². The van der Waals surface area contributed by atoms with Crippen LogP contribution in [0.15, 0.2) is 48.5 Å². The molecular weight excluding hydrogens is 292 g/mol. The number of benzene rings is 2. The van der Waals surface area contributed by atoms with Crippen LogP contribution in [0.3, 0.4) is 0 Å². The molecule has 2 aromatic rings. The fourth-order valence-corrected chi connectivity index (χ4v) is 1.94. The fourth-order valence-electron chi connectivity index (χ4n) is 1.94. The molecule has 120 valence electrons. The van der Waals surface area contributed by atoms with Gasteiger partial charge in [0.05, 0.1) is 5.56 Å². The SMILES string of the molecule is CC(C)C(=O)Nc1ccc(CNC(=O)c2ccccc2O)cc1. The molecule has 0 aromatic heterocycles. The Labute approximate surface area is 135 Å². The molecule has 0 aliphatic rings. The van der Waals surface area contributed by atoms with Gasteiger partial charge in [0, 0.05) is 18.2 Å². The Morgan fingerprint density at radius 3 is 2.30 bits per heavy atom. The molecule has 3 N–H and O–H groups in total. The van der Waals surface area contributed by atoms with Crippen LogP contribution in [0.25, 0.3) is 0 Å². The number of phenols is 1. The van der Waals surface area contributed by atoms with Crippen LogP contribution < -0.4 is 10.6 Å². The molecule has 0 unspecified atom stereocenters. The number of hydrogen-bond donors (Lipinski definition) is 3. The number of carbonyl (C=O) groups is 2. The summed E-state index contributed by atoms with van der Waals surface area (Å²) in [7, 11) is 0. The van der Waals surface area contributed by atoms with Crippen molar-refractivity contribution in [2.45, 2.75) is 20.4 Å². The highest BCUT2D eigenvalue weighted by Gasteiger charge is 2.10. The van der Waals surface area contributed by atoms with Gasteiger partial charge < -0.3 is 15.7 Å². The summed E-state index contributed by atoms with van der Waals surface area (Å²) in [6, 6.07) is 13.7. The molecule has 0 fully saturated rings. The molecule has 5 nitrogen and oxygen atoms in total. The van der Waals surface area contributed by atoms with E-state index in [1.54, 1.807) is 30.3 Å². The number of anilines is 1. The third-order valence-corrected chi connectivity index (χ3v) is 3.35. The molecule has 0 saturated heterocycles. The molecule has 2 aromatic carbocycles. The van der Waals surface area contributed by atoms with E-state index in [1.165, 1.54) is 6.07 Å². The van der Waals surface area contributed by atoms with E-state index in [0.717, 1.165) is 11.3 Å². The quantitative estimate of drug-likeness (QED) is 0.794. The zero-order chi connectivity index (χ0) is 16.8. The highest BCUT2D eigenvalue weighted by Crippen LogP contribution is 2.16. The van der Waals surface area contributed by atoms with Gasteiger partial charge in [-0.15, -0.1) is 0 Å². The lowest BCUT2D eigenvalue weighted by Gasteiger charge is -2.09. The van der Waals surface area contributed by atoms with Gasteiger partial charge in [-0.3, -0.25) is 9.59 Å². The van der Waals surface area contributed by atoms with E-state index in [0.29, 0.717) is 6.54 Å². The van der Waals surface area contributed by atoms with Gasteiger partial charge in [-0.25, -0.2) is 0 Å². The van der Waals surface area contributed by atoms with Crippen LogP contribution >= 0.6 is 0 Å². The minimum Gasteiger partial charge on any atom is -0.507 e. The molecule has 5 heteroatoms. The molecule has 0 heterocycles. The van der Waals surface area contributed by atoms with Crippen LogP contribution in [0.5, 0.6) is 5.75 Å². The summed E-state index contributed by atoms with van der Waals surface area (Å²) in [5, 5.41) is 15.2. The normalized spacial score (nSPS) is 10.4. The van der Waals surface area contributed by atoms with E-state index in [1.807, 2.05) is 26.0 Å². The van der Waals surface area contributed by atoms with Crippen LogP contribution in [0.4, 0.5) is 5.69 Å². The molecule has 0 spiro atoms. The molecule has 0 bridgehead atoms. The van der Waals surface area contributed by atoms with Gasteiger partial charge in [-0.05, 0) is 29.8 Å². The van der Waals surface area contributed by atoms with Gasteiger partial charge in [0.2, 0.25) is 5.91 Å². The standard InChI is InChI=1S/C18H20N2O3/c1-12(2)17(22)20-14-9-7-13(8-10-14)11-19-18(23)15-5-3-4-6-16(15)21/h3-10,12,21H,11H2,1-2H3,(H,19,23)(H,20,22). The van der Waals surface area contributed by atoms with Gasteiger partial charge >= 0.3 is 0 Å². The monoisotopic (exact) mass is 312 g/mol. The van der Waals surface area contributed by atoms with Crippen LogP contribution in [-0.2, 0) is 11.3 Å². The molecular formula is C18H20N2O3. The summed E-state index contributed by atoms with van der Waals surface area (Å²) < 4.78 is 0. The lowest BCUT2D eigenvalue weighted by Crippen LogP contribution is -2.22. The largest absolute Gasteiger partial charge is 0.507 e. The van der Waals surface area contributed by atoms with E-state index in [-0.39, 0.29) is 29.0 Å². The van der Waals surface area contributed by atoms with Crippen LogP contribution in [-0.4, -0.2) is 16.9 Å². The Bertz CT molecular complexity index is 694. The van der Waals surface area contributed by atoms with E-state index in [9.17, 15) is 14.7 Å². The average molecular weight is 312 g/mol. The summed E-state index contributed by atoms with van der Waals surface area (Å²) in [5.41, 5.74) is 1.86. The lowest BCUT2D eigenvalue weighted by molar-refractivity contribution is -0.118. The first-order valence-corrected chi connectivity index (χ1v) is 7.43. The Hall–Kier alpha value is -2.82. The van der Waals surface area contributed by atoms with Crippen molar-refractivity contribution in [3.63, 3.8) is 0 Å². The number of para-hydroxylation sites is 1. The molecule has 23 heavy (non-hydrogen) atoms. The molecule has 0 aliphatic carbocycles. The van der Waals surface area contributed by atoms with Crippen molar-refractivity contribution in [1.29, 1.82) is 0 Å². The second-order valence-electron chi connectivity index (χ2n) is 5.54. The minimum absolute atomic E-state index is 0.0365. The van der Waals surface area contributed by atoms with Crippen LogP contribution in [0, 0.1) is 5.92 Å². The zero-order valence-corrected chi connectivity index (χ0v) is 13.2. The van der Waals surface area contributed by atoms with Crippen molar-refractivity contribution in [2.24, 2.45) is 5.92 Å². The van der Waals surface area contributed by atoms with Gasteiger partial charge in [0.25, 0.3) is 5.91 Å². The number of aromatic hydroxyl groups is 1. The number of hydrogen-bond acceptors (Lipinski definition) is 3. The van der Waals surface area contributed by atoms with E-state index in [4.69, 9.17) is 0 Å². The highest BCUT2D eigenvalue weighted by atomic mass is 16.3. The molecule has 2 rings (SSSR count). The van der Waals surface area contributed by atoms with E-state index >= 15 is 0 Å². The van der Waals surface area contributed by atoms with Crippen LogP contribution in [0.2, 0.25) is 0 Å². The maximum absolute atomic E-state index is 12.0. The second-order valence-corrected chi connectivity index (χ2v) is 5.54. The van der Waals surface area contributed by atoms with E-state index in [2.05, 4.69) is 10.6 Å². The Kier molecular flexibility index (Phi) is 5.36.